The second-order valence-electron chi connectivity index (χ2n) is 4.23. The predicted octanol–water partition coefficient (Wildman–Crippen LogP) is 0.952. The van der Waals surface area contributed by atoms with Gasteiger partial charge in [-0.2, -0.15) is 0 Å². The molecular formula is C11H19ClN2O2. The zero-order valence-corrected chi connectivity index (χ0v) is 10.0. The number of halogens is 1. The Kier molecular flexibility index (Phi) is 5.80. The zero-order chi connectivity index (χ0) is 12.0. The Morgan fingerprint density at radius 2 is 2.31 bits per heavy atom. The Labute approximate surface area is 101 Å². The van der Waals surface area contributed by atoms with E-state index in [1.165, 1.54) is 6.42 Å². The van der Waals surface area contributed by atoms with Gasteiger partial charge in [0.15, 0.2) is 0 Å². The van der Waals surface area contributed by atoms with Gasteiger partial charge in [-0.05, 0) is 24.1 Å². The molecule has 1 saturated carbocycles. The van der Waals surface area contributed by atoms with E-state index in [9.17, 15) is 9.90 Å². The number of rotatable bonds is 7. The lowest BCUT2D eigenvalue weighted by Gasteiger charge is -2.30. The van der Waals surface area contributed by atoms with E-state index in [-0.39, 0.29) is 6.04 Å². The number of hydrogen-bond donors (Lipinski definition) is 3. The Morgan fingerprint density at radius 3 is 2.75 bits per heavy atom. The largest absolute Gasteiger partial charge is 0.382 e. The highest BCUT2D eigenvalue weighted by Crippen LogP contribution is 2.31. The van der Waals surface area contributed by atoms with Crippen LogP contribution in [0.2, 0.25) is 0 Å². The molecule has 2 atom stereocenters. The average Bonchev–Trinajstić information content (AvgIpc) is 2.24. The van der Waals surface area contributed by atoms with E-state index >= 15 is 0 Å². The molecule has 4 nitrogen and oxygen atoms in total. The minimum atomic E-state index is -1.10. The first-order valence-electron chi connectivity index (χ1n) is 5.62. The van der Waals surface area contributed by atoms with Crippen molar-refractivity contribution in [1.82, 2.24) is 10.2 Å². The SMILES string of the molecule is C=CCNC(=O)C(O)C(CC1CCC1)NCl. The lowest BCUT2D eigenvalue weighted by Crippen LogP contribution is -2.47. The molecule has 0 bridgehead atoms. The fourth-order valence-electron chi connectivity index (χ4n) is 1.78. The van der Waals surface area contributed by atoms with Crippen molar-refractivity contribution in [2.24, 2.45) is 5.92 Å². The molecule has 1 aliphatic rings. The summed E-state index contributed by atoms with van der Waals surface area (Å²) in [6.07, 6.45) is 4.77. The number of carbonyl (C=O) groups is 1. The second kappa shape index (κ2) is 6.89. The van der Waals surface area contributed by atoms with E-state index in [4.69, 9.17) is 11.8 Å². The Hall–Kier alpha value is -0.580. The van der Waals surface area contributed by atoms with Gasteiger partial charge in [0.1, 0.15) is 6.10 Å². The van der Waals surface area contributed by atoms with Crippen LogP contribution in [0.3, 0.4) is 0 Å². The van der Waals surface area contributed by atoms with Gasteiger partial charge in [-0.25, -0.2) is 4.84 Å². The molecule has 0 aromatic carbocycles. The first-order chi connectivity index (χ1) is 7.69. The summed E-state index contributed by atoms with van der Waals surface area (Å²) < 4.78 is 0. The van der Waals surface area contributed by atoms with Crippen LogP contribution in [-0.2, 0) is 4.79 Å². The summed E-state index contributed by atoms with van der Waals surface area (Å²) in [5.74, 6) is 0.176. The minimum Gasteiger partial charge on any atom is -0.382 e. The van der Waals surface area contributed by atoms with Gasteiger partial charge in [-0.3, -0.25) is 4.79 Å². The highest BCUT2D eigenvalue weighted by atomic mass is 35.5. The van der Waals surface area contributed by atoms with Crippen molar-refractivity contribution >= 4 is 17.7 Å². The summed E-state index contributed by atoms with van der Waals surface area (Å²) in [6.45, 7) is 3.85. The van der Waals surface area contributed by atoms with Crippen molar-refractivity contribution in [3.05, 3.63) is 12.7 Å². The summed E-state index contributed by atoms with van der Waals surface area (Å²) in [6, 6.07) is -0.378. The molecule has 3 N–H and O–H groups in total. The van der Waals surface area contributed by atoms with Crippen LogP contribution < -0.4 is 10.2 Å². The summed E-state index contributed by atoms with van der Waals surface area (Å²) in [5, 5.41) is 12.3. The van der Waals surface area contributed by atoms with Crippen molar-refractivity contribution in [2.45, 2.75) is 37.8 Å². The maximum atomic E-state index is 11.5. The lowest BCUT2D eigenvalue weighted by molar-refractivity contribution is -0.130. The van der Waals surface area contributed by atoms with E-state index in [1.807, 2.05) is 0 Å². The molecule has 1 amide bonds. The molecule has 92 valence electrons. The zero-order valence-electron chi connectivity index (χ0n) is 9.29. The Morgan fingerprint density at radius 1 is 1.62 bits per heavy atom. The van der Waals surface area contributed by atoms with Gasteiger partial charge < -0.3 is 10.4 Å². The molecule has 0 heterocycles. The van der Waals surface area contributed by atoms with Crippen LogP contribution in [0.4, 0.5) is 0 Å². The van der Waals surface area contributed by atoms with Crippen molar-refractivity contribution in [2.75, 3.05) is 6.54 Å². The number of nitrogens with one attached hydrogen (secondary N) is 2. The first kappa shape index (κ1) is 13.5. The van der Waals surface area contributed by atoms with Crippen LogP contribution in [0.1, 0.15) is 25.7 Å². The number of hydrogen-bond acceptors (Lipinski definition) is 3. The molecule has 0 radical (unpaired) electrons. The minimum absolute atomic E-state index is 0.355. The number of aliphatic hydroxyl groups excluding tert-OH is 1. The smallest absolute Gasteiger partial charge is 0.250 e. The molecule has 16 heavy (non-hydrogen) atoms. The first-order valence-corrected chi connectivity index (χ1v) is 5.99. The van der Waals surface area contributed by atoms with Crippen LogP contribution in [0.5, 0.6) is 0 Å². The molecule has 0 aliphatic heterocycles. The molecule has 2 unspecified atom stereocenters. The second-order valence-corrected chi connectivity index (χ2v) is 4.45. The van der Waals surface area contributed by atoms with Crippen LogP contribution in [0, 0.1) is 5.92 Å². The summed E-state index contributed by atoms with van der Waals surface area (Å²) in [4.78, 5) is 14.0. The molecule has 0 saturated heterocycles. The van der Waals surface area contributed by atoms with Crippen molar-refractivity contribution < 1.29 is 9.90 Å². The van der Waals surface area contributed by atoms with Crippen LogP contribution in [0.15, 0.2) is 12.7 Å². The van der Waals surface area contributed by atoms with Gasteiger partial charge in [0.2, 0.25) is 0 Å². The number of amides is 1. The third-order valence-corrected chi connectivity index (χ3v) is 3.30. The third kappa shape index (κ3) is 3.77. The van der Waals surface area contributed by atoms with Gasteiger partial charge in [-0.15, -0.1) is 6.58 Å². The molecule has 1 aliphatic carbocycles. The summed E-state index contributed by atoms with van der Waals surface area (Å²) in [5.41, 5.74) is 0. The quantitative estimate of drug-likeness (QED) is 0.463. The number of carbonyl (C=O) groups excluding carboxylic acids is 1. The maximum absolute atomic E-state index is 11.5. The summed E-state index contributed by atoms with van der Waals surface area (Å²) in [7, 11) is 0. The molecular weight excluding hydrogens is 228 g/mol. The average molecular weight is 247 g/mol. The topological polar surface area (TPSA) is 61.4 Å². The normalized spacial score (nSPS) is 19.6. The van der Waals surface area contributed by atoms with E-state index < -0.39 is 12.0 Å². The van der Waals surface area contributed by atoms with Gasteiger partial charge in [0, 0.05) is 6.54 Å². The Bertz CT molecular complexity index is 244. The lowest BCUT2D eigenvalue weighted by atomic mass is 9.80. The van der Waals surface area contributed by atoms with E-state index in [0.29, 0.717) is 12.5 Å². The molecule has 0 aromatic rings. The van der Waals surface area contributed by atoms with E-state index in [0.717, 1.165) is 19.3 Å². The van der Waals surface area contributed by atoms with Crippen molar-refractivity contribution in [3.8, 4) is 0 Å². The Balaban J connectivity index is 2.36. The maximum Gasteiger partial charge on any atom is 0.250 e. The highest BCUT2D eigenvalue weighted by molar-refractivity contribution is 6.13. The van der Waals surface area contributed by atoms with Crippen LogP contribution >= 0.6 is 11.8 Å². The molecule has 1 fully saturated rings. The van der Waals surface area contributed by atoms with E-state index in [2.05, 4.69) is 16.7 Å². The van der Waals surface area contributed by atoms with Gasteiger partial charge in [0.05, 0.1) is 6.04 Å². The van der Waals surface area contributed by atoms with E-state index in [1.54, 1.807) is 6.08 Å². The predicted molar refractivity (Wildman–Crippen MR) is 63.9 cm³/mol. The van der Waals surface area contributed by atoms with Crippen LogP contribution in [-0.4, -0.2) is 29.7 Å². The standard InChI is InChI=1S/C11H19ClN2O2/c1-2-6-13-11(16)10(15)9(14-12)7-8-4-3-5-8/h2,8-10,14-15H,1,3-7H2,(H,13,16). The van der Waals surface area contributed by atoms with Gasteiger partial charge in [0.25, 0.3) is 5.91 Å². The molecule has 1 rings (SSSR count). The van der Waals surface area contributed by atoms with Gasteiger partial charge >= 0.3 is 0 Å². The monoisotopic (exact) mass is 246 g/mol. The molecule has 0 spiro atoms. The molecule has 5 heteroatoms. The van der Waals surface area contributed by atoms with Crippen molar-refractivity contribution in [3.63, 3.8) is 0 Å². The summed E-state index contributed by atoms with van der Waals surface area (Å²) >= 11 is 5.56. The van der Waals surface area contributed by atoms with Gasteiger partial charge in [-0.1, -0.05) is 25.3 Å². The van der Waals surface area contributed by atoms with Crippen LogP contribution in [0.25, 0.3) is 0 Å². The highest BCUT2D eigenvalue weighted by Gasteiger charge is 2.29. The number of aliphatic hydroxyl groups is 1. The van der Waals surface area contributed by atoms with Crippen molar-refractivity contribution in [1.29, 1.82) is 0 Å². The fourth-order valence-corrected chi connectivity index (χ4v) is 1.99. The fraction of sp³-hybridized carbons (Fsp3) is 0.727. The third-order valence-electron chi connectivity index (χ3n) is 3.02. The molecule has 0 aromatic heterocycles.